The fourth-order valence-corrected chi connectivity index (χ4v) is 3.40. The number of nitrogens with zero attached hydrogens (tertiary/aromatic N) is 4. The van der Waals surface area contributed by atoms with Crippen molar-refractivity contribution in [2.24, 2.45) is 0 Å². The van der Waals surface area contributed by atoms with Gasteiger partial charge < -0.3 is 31.1 Å². The van der Waals surface area contributed by atoms with E-state index < -0.39 is 36.4 Å². The minimum Gasteiger partial charge on any atom is -0.399 e. The number of hydrogen-bond acceptors (Lipinski definition) is 10. The van der Waals surface area contributed by atoms with Crippen LogP contribution >= 0.6 is 0 Å². The van der Waals surface area contributed by atoms with Gasteiger partial charge in [-0.3, -0.25) is 9.36 Å². The van der Waals surface area contributed by atoms with E-state index in [9.17, 15) is 20.1 Å². The van der Waals surface area contributed by atoms with E-state index >= 15 is 0 Å². The number of aliphatic hydroxyl groups is 3. The summed E-state index contributed by atoms with van der Waals surface area (Å²) >= 11 is 0. The van der Waals surface area contributed by atoms with E-state index in [1.165, 1.54) is 24.1 Å². The summed E-state index contributed by atoms with van der Waals surface area (Å²) in [6.45, 7) is 1.66. The number of ether oxygens (including phenoxy) is 1. The molecule has 3 heterocycles. The predicted molar refractivity (Wildman–Crippen MR) is 106 cm³/mol. The third-order valence-corrected chi connectivity index (χ3v) is 5.08. The van der Waals surface area contributed by atoms with Crippen LogP contribution in [0.1, 0.15) is 18.7 Å². The maximum atomic E-state index is 11.5. The number of hydrogen-bond donors (Lipinski definition) is 5. The lowest BCUT2D eigenvalue weighted by Gasteiger charge is -2.18. The Kier molecular flexibility index (Phi) is 5.35. The monoisotopic (exact) mass is 414 g/mol. The van der Waals surface area contributed by atoms with Gasteiger partial charge in [0.25, 0.3) is 0 Å². The van der Waals surface area contributed by atoms with Crippen molar-refractivity contribution in [3.8, 4) is 0 Å². The topological polar surface area (TPSA) is 169 Å². The number of nitrogens with one attached hydrogen (secondary N) is 1. The molecule has 158 valence electrons. The number of fused-ring (bicyclic) bond motifs is 1. The van der Waals surface area contributed by atoms with Gasteiger partial charge in [0.15, 0.2) is 29.0 Å². The summed E-state index contributed by atoms with van der Waals surface area (Å²) in [5, 5.41) is 33.8. The van der Waals surface area contributed by atoms with Crippen LogP contribution in [0.5, 0.6) is 0 Å². The summed E-state index contributed by atoms with van der Waals surface area (Å²) < 4.78 is 7.04. The average Bonchev–Trinajstić information content (AvgIpc) is 3.29. The number of carbonyl (C=O) groups excluding carboxylic acids is 1. The lowest BCUT2D eigenvalue weighted by Crippen LogP contribution is -2.42. The van der Waals surface area contributed by atoms with E-state index in [-0.39, 0.29) is 0 Å². The zero-order chi connectivity index (χ0) is 21.4. The van der Waals surface area contributed by atoms with E-state index in [1.807, 2.05) is 12.1 Å². The van der Waals surface area contributed by atoms with E-state index in [0.717, 1.165) is 5.56 Å². The van der Waals surface area contributed by atoms with E-state index in [0.29, 0.717) is 29.2 Å². The molecule has 11 nitrogen and oxygen atoms in total. The number of imidazole rings is 1. The maximum absolute atomic E-state index is 11.5. The number of carbonyl (C=O) groups is 1. The number of aromatic nitrogens is 4. The Morgan fingerprint density at radius 1 is 1.23 bits per heavy atom. The molecule has 0 amide bonds. The Morgan fingerprint density at radius 3 is 2.67 bits per heavy atom. The molecule has 0 spiro atoms. The Balaban J connectivity index is 1.58. The number of Topliss-reactive ketones (excluding diaryl/α,β-unsaturated/α-hetero) is 1. The van der Waals surface area contributed by atoms with Gasteiger partial charge in [-0.15, -0.1) is 0 Å². The Hall–Kier alpha value is -3.12. The van der Waals surface area contributed by atoms with Crippen LogP contribution in [-0.2, 0) is 16.1 Å². The molecule has 1 unspecified atom stereocenters. The van der Waals surface area contributed by atoms with E-state index in [4.69, 9.17) is 10.5 Å². The number of rotatable bonds is 6. The van der Waals surface area contributed by atoms with Crippen molar-refractivity contribution in [3.63, 3.8) is 0 Å². The quantitative estimate of drug-likeness (QED) is 0.334. The number of anilines is 2. The minimum absolute atomic E-state index is 0.360. The standard InChI is InChI=1S/C19H22N6O5/c1-9(26)13(27)16-14(28)15(29)19(30-16)25-8-24-12-17(22-7-23-18(12)25)21-6-10-2-4-11(20)5-3-10/h2-5,7-8,13-16,19,27-29H,6,20H2,1H3,(H,21,22,23)/t13?,14-,15+,16+,19+/m0/s1. The molecule has 4 rings (SSSR count). The smallest absolute Gasteiger partial charge is 0.167 e. The third kappa shape index (κ3) is 3.59. The highest BCUT2D eigenvalue weighted by Gasteiger charge is 2.48. The van der Waals surface area contributed by atoms with Gasteiger partial charge in [0.05, 0.1) is 6.33 Å². The van der Waals surface area contributed by atoms with Crippen LogP contribution in [-0.4, -0.2) is 65.0 Å². The molecule has 0 saturated carbocycles. The number of nitrogen functional groups attached to an aromatic ring is 1. The van der Waals surface area contributed by atoms with Gasteiger partial charge in [0, 0.05) is 12.2 Å². The van der Waals surface area contributed by atoms with Crippen LogP contribution in [0, 0.1) is 0 Å². The number of benzene rings is 1. The predicted octanol–water partition coefficient (Wildman–Crippen LogP) is -0.410. The van der Waals surface area contributed by atoms with E-state index in [2.05, 4.69) is 20.3 Å². The number of ketones is 1. The second-order valence-corrected chi connectivity index (χ2v) is 7.17. The highest BCUT2D eigenvalue weighted by Crippen LogP contribution is 2.33. The van der Waals surface area contributed by atoms with Crippen molar-refractivity contribution in [2.75, 3.05) is 11.1 Å². The largest absolute Gasteiger partial charge is 0.399 e. The van der Waals surface area contributed by atoms with Crippen molar-refractivity contribution in [1.82, 2.24) is 19.5 Å². The molecule has 11 heteroatoms. The molecular weight excluding hydrogens is 392 g/mol. The minimum atomic E-state index is -1.55. The van der Waals surface area contributed by atoms with Gasteiger partial charge in [-0.1, -0.05) is 12.1 Å². The molecule has 1 aliphatic rings. The molecule has 5 atom stereocenters. The highest BCUT2D eigenvalue weighted by atomic mass is 16.6. The number of nitrogens with two attached hydrogens (primary N) is 1. The molecule has 3 aromatic rings. The van der Waals surface area contributed by atoms with Gasteiger partial charge in [-0.25, -0.2) is 15.0 Å². The molecule has 30 heavy (non-hydrogen) atoms. The molecule has 0 radical (unpaired) electrons. The summed E-state index contributed by atoms with van der Waals surface area (Å²) in [7, 11) is 0. The van der Waals surface area contributed by atoms with Crippen LogP contribution in [0.25, 0.3) is 11.2 Å². The summed E-state index contributed by atoms with van der Waals surface area (Å²) in [5.74, 6) is -0.0946. The average molecular weight is 414 g/mol. The maximum Gasteiger partial charge on any atom is 0.167 e. The molecule has 1 aromatic carbocycles. The summed E-state index contributed by atoms with van der Waals surface area (Å²) in [6.07, 6.45) is -3.99. The SMILES string of the molecule is CC(=O)C(O)[C@H]1O[C@@H](n2cnc3c(NCc4ccc(N)cc4)ncnc32)[C@H](O)[C@@H]1O. The first-order valence-electron chi connectivity index (χ1n) is 9.32. The van der Waals surface area contributed by atoms with Crippen molar-refractivity contribution < 1.29 is 24.9 Å². The molecule has 1 saturated heterocycles. The van der Waals surface area contributed by atoms with Gasteiger partial charge >= 0.3 is 0 Å². The van der Waals surface area contributed by atoms with Crippen molar-refractivity contribution >= 4 is 28.5 Å². The van der Waals surface area contributed by atoms with Crippen molar-refractivity contribution in [1.29, 1.82) is 0 Å². The first-order chi connectivity index (χ1) is 14.4. The summed E-state index contributed by atoms with van der Waals surface area (Å²) in [5.41, 5.74) is 8.17. The summed E-state index contributed by atoms with van der Waals surface area (Å²) in [4.78, 5) is 24.2. The lowest BCUT2D eigenvalue weighted by molar-refractivity contribution is -0.139. The van der Waals surface area contributed by atoms with Crippen molar-refractivity contribution in [2.45, 2.75) is 44.1 Å². The van der Waals surface area contributed by atoms with Crippen LogP contribution in [0.3, 0.4) is 0 Å². The zero-order valence-electron chi connectivity index (χ0n) is 16.1. The van der Waals surface area contributed by atoms with Gasteiger partial charge in [-0.2, -0.15) is 0 Å². The summed E-state index contributed by atoms with van der Waals surface area (Å²) in [6, 6.07) is 7.39. The molecular formula is C19H22N6O5. The van der Waals surface area contributed by atoms with Crippen LogP contribution in [0.15, 0.2) is 36.9 Å². The highest BCUT2D eigenvalue weighted by molar-refractivity contribution is 5.83. The Labute approximate surface area is 171 Å². The third-order valence-electron chi connectivity index (χ3n) is 5.08. The Bertz CT molecular complexity index is 1060. The zero-order valence-corrected chi connectivity index (χ0v) is 16.1. The fraction of sp³-hybridized carbons (Fsp3) is 0.368. The molecule has 1 aliphatic heterocycles. The molecule has 0 bridgehead atoms. The fourth-order valence-electron chi connectivity index (χ4n) is 3.40. The molecule has 0 aliphatic carbocycles. The molecule has 2 aromatic heterocycles. The molecule has 6 N–H and O–H groups in total. The molecule has 1 fully saturated rings. The van der Waals surface area contributed by atoms with Crippen LogP contribution in [0.4, 0.5) is 11.5 Å². The second-order valence-electron chi connectivity index (χ2n) is 7.17. The second kappa shape index (κ2) is 7.95. The van der Waals surface area contributed by atoms with Gasteiger partial charge in [0.2, 0.25) is 0 Å². The Morgan fingerprint density at radius 2 is 1.97 bits per heavy atom. The van der Waals surface area contributed by atoms with E-state index in [1.54, 1.807) is 12.1 Å². The van der Waals surface area contributed by atoms with Crippen LogP contribution < -0.4 is 11.1 Å². The first kappa shape index (κ1) is 20.2. The first-order valence-corrected chi connectivity index (χ1v) is 9.32. The normalized spacial score (nSPS) is 24.8. The van der Waals surface area contributed by atoms with Crippen LogP contribution in [0.2, 0.25) is 0 Å². The number of aliphatic hydroxyl groups excluding tert-OH is 3. The van der Waals surface area contributed by atoms with Gasteiger partial charge in [0.1, 0.15) is 30.7 Å². The van der Waals surface area contributed by atoms with Crippen molar-refractivity contribution in [3.05, 3.63) is 42.5 Å². The lowest BCUT2D eigenvalue weighted by atomic mass is 10.0. The van der Waals surface area contributed by atoms with Gasteiger partial charge in [-0.05, 0) is 24.6 Å².